The van der Waals surface area contributed by atoms with Crippen molar-refractivity contribution in [2.24, 2.45) is 5.92 Å². The van der Waals surface area contributed by atoms with Crippen molar-refractivity contribution in [3.63, 3.8) is 0 Å². The SMILES string of the molecule is C=O.CC.CNC(C)[C@H](C)CCc1ccc(C(C)C)cc1. The molecule has 0 radical (unpaired) electrons. The minimum absolute atomic E-state index is 0.602. The maximum Gasteiger partial charge on any atom is 0.106 e. The van der Waals surface area contributed by atoms with E-state index in [1.165, 1.54) is 24.0 Å². The first kappa shape index (κ1) is 22.1. The van der Waals surface area contributed by atoms with Crippen LogP contribution >= 0.6 is 0 Å². The lowest BCUT2D eigenvalue weighted by molar-refractivity contribution is -0.0979. The maximum absolute atomic E-state index is 8.00. The van der Waals surface area contributed by atoms with Gasteiger partial charge in [0.1, 0.15) is 6.79 Å². The second-order valence-electron chi connectivity index (χ2n) is 5.49. The summed E-state index contributed by atoms with van der Waals surface area (Å²) < 4.78 is 0. The van der Waals surface area contributed by atoms with Gasteiger partial charge in [0.15, 0.2) is 0 Å². The van der Waals surface area contributed by atoms with Gasteiger partial charge in [-0.1, -0.05) is 58.9 Å². The summed E-state index contributed by atoms with van der Waals surface area (Å²) in [6.07, 6.45) is 2.44. The summed E-state index contributed by atoms with van der Waals surface area (Å²) >= 11 is 0. The number of aryl methyl sites for hydroxylation is 1. The van der Waals surface area contributed by atoms with Crippen LogP contribution in [0.15, 0.2) is 24.3 Å². The summed E-state index contributed by atoms with van der Waals surface area (Å²) in [6, 6.07) is 9.71. The Morgan fingerprint density at radius 1 is 1.00 bits per heavy atom. The largest absolute Gasteiger partial charge is 0.317 e. The Labute approximate surface area is 132 Å². The number of rotatable bonds is 6. The normalized spacial score (nSPS) is 12.6. The van der Waals surface area contributed by atoms with Gasteiger partial charge in [0.2, 0.25) is 0 Å². The summed E-state index contributed by atoms with van der Waals surface area (Å²) in [5.74, 6) is 1.36. The van der Waals surface area contributed by atoms with Gasteiger partial charge >= 0.3 is 0 Å². The van der Waals surface area contributed by atoms with E-state index in [-0.39, 0.29) is 0 Å². The molecule has 0 saturated carbocycles. The minimum Gasteiger partial charge on any atom is -0.317 e. The van der Waals surface area contributed by atoms with Crippen LogP contribution in [0.1, 0.15) is 65.0 Å². The number of nitrogens with one attached hydrogen (secondary N) is 1. The van der Waals surface area contributed by atoms with E-state index in [2.05, 4.69) is 57.3 Å². The fourth-order valence-corrected chi connectivity index (χ4v) is 2.00. The number of carbonyl (C=O) groups excluding carboxylic acids is 1. The Bertz CT molecular complexity index is 332. The first-order valence-corrected chi connectivity index (χ1v) is 8.09. The topological polar surface area (TPSA) is 29.1 Å². The van der Waals surface area contributed by atoms with E-state index >= 15 is 0 Å². The highest BCUT2D eigenvalue weighted by Gasteiger charge is 2.09. The van der Waals surface area contributed by atoms with Crippen LogP contribution in [0.3, 0.4) is 0 Å². The van der Waals surface area contributed by atoms with Crippen molar-refractivity contribution in [1.82, 2.24) is 5.32 Å². The Balaban J connectivity index is 0. The van der Waals surface area contributed by atoms with Gasteiger partial charge in [-0.15, -0.1) is 0 Å². The fraction of sp³-hybridized carbons (Fsp3) is 0.632. The molecule has 1 aromatic rings. The van der Waals surface area contributed by atoms with Gasteiger partial charge < -0.3 is 10.1 Å². The highest BCUT2D eigenvalue weighted by atomic mass is 16.1. The predicted molar refractivity (Wildman–Crippen MR) is 95.0 cm³/mol. The molecule has 21 heavy (non-hydrogen) atoms. The Morgan fingerprint density at radius 3 is 1.86 bits per heavy atom. The van der Waals surface area contributed by atoms with Gasteiger partial charge in [0.25, 0.3) is 0 Å². The van der Waals surface area contributed by atoms with Gasteiger partial charge in [-0.2, -0.15) is 0 Å². The predicted octanol–water partition coefficient (Wildman–Crippen LogP) is 4.83. The van der Waals surface area contributed by atoms with E-state index < -0.39 is 0 Å². The smallest absolute Gasteiger partial charge is 0.106 e. The molecule has 2 nitrogen and oxygen atoms in total. The molecular weight excluding hydrogens is 258 g/mol. The molecule has 0 spiro atoms. The maximum atomic E-state index is 8.00. The highest BCUT2D eigenvalue weighted by molar-refractivity contribution is 5.24. The molecule has 2 atom stereocenters. The molecule has 0 aliphatic rings. The van der Waals surface area contributed by atoms with Crippen LogP contribution in [0.5, 0.6) is 0 Å². The molecule has 0 heterocycles. The molecule has 122 valence electrons. The highest BCUT2D eigenvalue weighted by Crippen LogP contribution is 2.17. The summed E-state index contributed by atoms with van der Waals surface area (Å²) in [5.41, 5.74) is 2.90. The van der Waals surface area contributed by atoms with E-state index in [1.54, 1.807) is 0 Å². The fourth-order valence-electron chi connectivity index (χ4n) is 2.00. The van der Waals surface area contributed by atoms with Crippen molar-refractivity contribution < 1.29 is 4.79 Å². The van der Waals surface area contributed by atoms with Crippen molar-refractivity contribution in [3.8, 4) is 0 Å². The van der Waals surface area contributed by atoms with Crippen LogP contribution in [-0.4, -0.2) is 19.9 Å². The molecule has 0 aliphatic heterocycles. The molecule has 2 heteroatoms. The van der Waals surface area contributed by atoms with E-state index in [4.69, 9.17) is 4.79 Å². The Morgan fingerprint density at radius 2 is 1.48 bits per heavy atom. The van der Waals surface area contributed by atoms with Gasteiger partial charge in [0, 0.05) is 6.04 Å². The first-order chi connectivity index (χ1) is 10.0. The molecule has 0 bridgehead atoms. The minimum atomic E-state index is 0.602. The van der Waals surface area contributed by atoms with Gasteiger partial charge in [0.05, 0.1) is 0 Å². The zero-order chi connectivity index (χ0) is 16.8. The molecule has 0 amide bonds. The monoisotopic (exact) mass is 293 g/mol. The van der Waals surface area contributed by atoms with Crippen molar-refractivity contribution in [3.05, 3.63) is 35.4 Å². The van der Waals surface area contributed by atoms with E-state index in [0.29, 0.717) is 12.0 Å². The zero-order valence-electron chi connectivity index (χ0n) is 15.1. The lowest BCUT2D eigenvalue weighted by Gasteiger charge is -2.19. The summed E-state index contributed by atoms with van der Waals surface area (Å²) in [7, 11) is 2.04. The standard InChI is InChI=1S/C16H27N.C2H6.CH2O/c1-12(2)16-10-8-15(9-11-16)7-6-13(3)14(4)17-5;2*1-2/h8-14,17H,6-7H2,1-5H3;1-2H3;1H2/t13-,14?;;/m1../s1. The average Bonchev–Trinajstić information content (AvgIpc) is 2.55. The van der Waals surface area contributed by atoms with E-state index in [0.717, 1.165) is 5.92 Å². The van der Waals surface area contributed by atoms with Crippen molar-refractivity contribution >= 4 is 6.79 Å². The van der Waals surface area contributed by atoms with Crippen molar-refractivity contribution in [2.45, 2.75) is 66.3 Å². The number of benzene rings is 1. The van der Waals surface area contributed by atoms with Crippen LogP contribution in [0.25, 0.3) is 0 Å². The zero-order valence-corrected chi connectivity index (χ0v) is 15.1. The summed E-state index contributed by atoms with van der Waals surface area (Å²) in [4.78, 5) is 8.00. The lowest BCUT2D eigenvalue weighted by Crippen LogP contribution is -2.28. The summed E-state index contributed by atoms with van der Waals surface area (Å²) in [6.45, 7) is 15.1. The molecule has 0 saturated heterocycles. The molecule has 0 fully saturated rings. The lowest BCUT2D eigenvalue weighted by atomic mass is 9.94. The average molecular weight is 293 g/mol. The summed E-state index contributed by atoms with van der Waals surface area (Å²) in [5, 5.41) is 3.33. The molecule has 1 N–H and O–H groups in total. The third-order valence-electron chi connectivity index (χ3n) is 3.84. The second kappa shape index (κ2) is 13.8. The van der Waals surface area contributed by atoms with Crippen LogP contribution < -0.4 is 5.32 Å². The molecule has 1 rings (SSSR count). The van der Waals surface area contributed by atoms with Gasteiger partial charge in [-0.05, 0) is 49.8 Å². The van der Waals surface area contributed by atoms with Crippen molar-refractivity contribution in [2.75, 3.05) is 7.05 Å². The number of carbonyl (C=O) groups is 1. The number of hydrogen-bond acceptors (Lipinski definition) is 2. The van der Waals surface area contributed by atoms with Crippen LogP contribution in [0.4, 0.5) is 0 Å². The first-order valence-electron chi connectivity index (χ1n) is 8.09. The third kappa shape index (κ3) is 9.41. The Kier molecular flexibility index (Phi) is 14.6. The van der Waals surface area contributed by atoms with E-state index in [9.17, 15) is 0 Å². The van der Waals surface area contributed by atoms with Gasteiger partial charge in [-0.3, -0.25) is 0 Å². The quantitative estimate of drug-likeness (QED) is 0.814. The molecule has 0 aromatic heterocycles. The van der Waals surface area contributed by atoms with Crippen molar-refractivity contribution in [1.29, 1.82) is 0 Å². The van der Waals surface area contributed by atoms with Crippen LogP contribution in [0, 0.1) is 5.92 Å². The Hall–Kier alpha value is -1.15. The molecule has 1 aromatic carbocycles. The van der Waals surface area contributed by atoms with Crippen LogP contribution in [-0.2, 0) is 11.2 Å². The molecular formula is C19H35NO. The molecule has 1 unspecified atom stereocenters. The van der Waals surface area contributed by atoms with Gasteiger partial charge in [-0.25, -0.2) is 0 Å². The second-order valence-corrected chi connectivity index (χ2v) is 5.49. The van der Waals surface area contributed by atoms with Crippen LogP contribution in [0.2, 0.25) is 0 Å². The number of hydrogen-bond donors (Lipinski definition) is 1. The van der Waals surface area contributed by atoms with E-state index in [1.807, 2.05) is 27.7 Å². The third-order valence-corrected chi connectivity index (χ3v) is 3.84. The molecule has 0 aliphatic carbocycles.